The first-order chi connectivity index (χ1) is 10.3. The fourth-order valence-corrected chi connectivity index (χ4v) is 2.65. The van der Waals surface area contributed by atoms with Crippen molar-refractivity contribution in [2.45, 2.75) is 103 Å². The van der Waals surface area contributed by atoms with Gasteiger partial charge in [-0.2, -0.15) is 0 Å². The molecule has 0 aromatic carbocycles. The number of amides is 1. The fraction of sp³-hybridized carbons (Fsp3) is 0.944. The molecule has 0 aromatic rings. The maximum atomic E-state index is 10.3. The van der Waals surface area contributed by atoms with Crippen LogP contribution in [0.2, 0.25) is 0 Å². The van der Waals surface area contributed by atoms with Crippen molar-refractivity contribution < 1.29 is 9.53 Å². The first-order valence-electron chi connectivity index (χ1n) is 9.19. The summed E-state index contributed by atoms with van der Waals surface area (Å²) in [6, 6.07) is 0. The number of hydrogen-bond donors (Lipinski definition) is 1. The summed E-state index contributed by atoms with van der Waals surface area (Å²) in [5.41, 5.74) is 4.89. The van der Waals surface area contributed by atoms with E-state index in [0.717, 1.165) is 12.8 Å². The van der Waals surface area contributed by atoms with Crippen molar-refractivity contribution in [2.75, 3.05) is 6.61 Å². The maximum absolute atomic E-state index is 10.3. The van der Waals surface area contributed by atoms with Crippen molar-refractivity contribution in [2.24, 2.45) is 5.73 Å². The van der Waals surface area contributed by atoms with Crippen LogP contribution in [0.4, 0.5) is 4.79 Å². The van der Waals surface area contributed by atoms with E-state index in [1.54, 1.807) is 0 Å². The number of primary amides is 1. The van der Waals surface area contributed by atoms with Gasteiger partial charge in [0.05, 0.1) is 6.61 Å². The Labute approximate surface area is 132 Å². The molecule has 0 saturated heterocycles. The van der Waals surface area contributed by atoms with Crippen LogP contribution in [0.5, 0.6) is 0 Å². The second-order valence-electron chi connectivity index (χ2n) is 6.12. The second kappa shape index (κ2) is 17.3. The second-order valence-corrected chi connectivity index (χ2v) is 6.12. The van der Waals surface area contributed by atoms with Crippen LogP contribution in [0, 0.1) is 0 Å². The van der Waals surface area contributed by atoms with Gasteiger partial charge in [-0.25, -0.2) is 4.79 Å². The molecule has 21 heavy (non-hydrogen) atoms. The van der Waals surface area contributed by atoms with Crippen LogP contribution >= 0.6 is 0 Å². The lowest BCUT2D eigenvalue weighted by Gasteiger charge is -2.03. The van der Waals surface area contributed by atoms with Gasteiger partial charge >= 0.3 is 6.09 Å². The van der Waals surface area contributed by atoms with Gasteiger partial charge in [0.25, 0.3) is 0 Å². The normalized spacial score (nSPS) is 10.7. The predicted molar refractivity (Wildman–Crippen MR) is 90.5 cm³/mol. The Morgan fingerprint density at radius 2 is 1.00 bits per heavy atom. The summed E-state index contributed by atoms with van der Waals surface area (Å²) >= 11 is 0. The van der Waals surface area contributed by atoms with E-state index in [4.69, 9.17) is 10.5 Å². The smallest absolute Gasteiger partial charge is 0.404 e. The largest absolute Gasteiger partial charge is 0.450 e. The van der Waals surface area contributed by atoms with E-state index >= 15 is 0 Å². The zero-order chi connectivity index (χ0) is 15.6. The predicted octanol–water partition coefficient (Wildman–Crippen LogP) is 5.95. The van der Waals surface area contributed by atoms with E-state index in [1.165, 1.54) is 83.5 Å². The minimum absolute atomic E-state index is 0.480. The quantitative estimate of drug-likeness (QED) is 0.358. The number of rotatable bonds is 16. The summed E-state index contributed by atoms with van der Waals surface area (Å²) < 4.78 is 4.69. The zero-order valence-corrected chi connectivity index (χ0v) is 14.2. The Morgan fingerprint density at radius 1 is 0.667 bits per heavy atom. The molecule has 0 radical (unpaired) electrons. The van der Waals surface area contributed by atoms with Crippen molar-refractivity contribution in [3.8, 4) is 0 Å². The van der Waals surface area contributed by atoms with Gasteiger partial charge in [-0.05, 0) is 6.42 Å². The van der Waals surface area contributed by atoms with Crippen LogP contribution < -0.4 is 5.73 Å². The minimum atomic E-state index is -0.652. The van der Waals surface area contributed by atoms with Gasteiger partial charge in [0.2, 0.25) is 0 Å². The summed E-state index contributed by atoms with van der Waals surface area (Å²) in [6.45, 7) is 2.75. The van der Waals surface area contributed by atoms with Gasteiger partial charge in [-0.15, -0.1) is 0 Å². The van der Waals surface area contributed by atoms with Crippen molar-refractivity contribution in [1.29, 1.82) is 0 Å². The zero-order valence-electron chi connectivity index (χ0n) is 14.2. The Morgan fingerprint density at radius 3 is 1.33 bits per heavy atom. The lowest BCUT2D eigenvalue weighted by molar-refractivity contribution is 0.154. The molecule has 3 nitrogen and oxygen atoms in total. The summed E-state index contributed by atoms with van der Waals surface area (Å²) in [6.07, 6.45) is 19.5. The van der Waals surface area contributed by atoms with Gasteiger partial charge < -0.3 is 10.5 Å². The number of unbranched alkanes of at least 4 members (excludes halogenated alkanes) is 14. The van der Waals surface area contributed by atoms with Gasteiger partial charge in [0.1, 0.15) is 0 Å². The molecule has 2 N–H and O–H groups in total. The molecule has 0 heterocycles. The topological polar surface area (TPSA) is 52.3 Å². The molecule has 0 aliphatic heterocycles. The molecule has 0 bridgehead atoms. The summed E-state index contributed by atoms with van der Waals surface area (Å²) in [5, 5.41) is 0. The maximum Gasteiger partial charge on any atom is 0.404 e. The Hall–Kier alpha value is -0.730. The van der Waals surface area contributed by atoms with Crippen LogP contribution in [-0.2, 0) is 4.74 Å². The highest BCUT2D eigenvalue weighted by molar-refractivity contribution is 5.64. The molecular weight excluding hydrogens is 262 g/mol. The Kier molecular flexibility index (Phi) is 16.7. The molecule has 0 saturated carbocycles. The molecule has 126 valence electrons. The molecule has 3 heteroatoms. The number of ether oxygens (including phenoxy) is 1. The Bertz CT molecular complexity index is 219. The van der Waals surface area contributed by atoms with E-state index in [9.17, 15) is 4.79 Å². The summed E-state index contributed by atoms with van der Waals surface area (Å²) in [4.78, 5) is 10.3. The molecule has 0 atom stereocenters. The summed E-state index contributed by atoms with van der Waals surface area (Å²) in [5.74, 6) is 0. The molecule has 0 aliphatic carbocycles. The van der Waals surface area contributed by atoms with Crippen molar-refractivity contribution >= 4 is 6.09 Å². The van der Waals surface area contributed by atoms with Crippen LogP contribution in [-0.4, -0.2) is 12.7 Å². The average molecular weight is 299 g/mol. The number of hydrogen-bond acceptors (Lipinski definition) is 2. The van der Waals surface area contributed by atoms with E-state index in [2.05, 4.69) is 6.92 Å². The first-order valence-corrected chi connectivity index (χ1v) is 9.19. The minimum Gasteiger partial charge on any atom is -0.450 e. The highest BCUT2D eigenvalue weighted by Crippen LogP contribution is 2.13. The van der Waals surface area contributed by atoms with Crippen LogP contribution in [0.25, 0.3) is 0 Å². The van der Waals surface area contributed by atoms with Crippen LogP contribution in [0.1, 0.15) is 103 Å². The van der Waals surface area contributed by atoms with Crippen LogP contribution in [0.3, 0.4) is 0 Å². The third kappa shape index (κ3) is 19.3. The molecule has 0 spiro atoms. The third-order valence-electron chi connectivity index (χ3n) is 3.99. The van der Waals surface area contributed by atoms with E-state index in [0.29, 0.717) is 6.61 Å². The van der Waals surface area contributed by atoms with E-state index in [-0.39, 0.29) is 0 Å². The standard InChI is InChI=1S/C18H37NO2/c1-2-3-4-5-6-7-8-9-10-11-12-13-14-15-16-17-21-18(19)20/h2-17H2,1H3,(H2,19,20). The van der Waals surface area contributed by atoms with Gasteiger partial charge in [-0.1, -0.05) is 96.8 Å². The Balaban J connectivity index is 2.95. The molecule has 0 aromatic heterocycles. The third-order valence-corrected chi connectivity index (χ3v) is 3.99. The lowest BCUT2D eigenvalue weighted by Crippen LogP contribution is -2.13. The van der Waals surface area contributed by atoms with Crippen molar-refractivity contribution in [1.82, 2.24) is 0 Å². The monoisotopic (exact) mass is 299 g/mol. The van der Waals surface area contributed by atoms with Crippen molar-refractivity contribution in [3.63, 3.8) is 0 Å². The molecule has 0 fully saturated rings. The molecule has 0 unspecified atom stereocenters. The lowest BCUT2D eigenvalue weighted by atomic mass is 10.0. The highest BCUT2D eigenvalue weighted by Gasteiger charge is 1.95. The van der Waals surface area contributed by atoms with Gasteiger partial charge in [0.15, 0.2) is 0 Å². The average Bonchev–Trinajstić information content (AvgIpc) is 2.46. The van der Waals surface area contributed by atoms with E-state index < -0.39 is 6.09 Å². The van der Waals surface area contributed by atoms with Crippen molar-refractivity contribution in [3.05, 3.63) is 0 Å². The SMILES string of the molecule is CCCCCCCCCCCCCCCCCOC(N)=O. The van der Waals surface area contributed by atoms with E-state index in [1.807, 2.05) is 0 Å². The fourth-order valence-electron chi connectivity index (χ4n) is 2.65. The molecule has 0 rings (SSSR count). The number of carbonyl (C=O) groups is 1. The molecular formula is C18H37NO2. The number of carbonyl (C=O) groups excluding carboxylic acids is 1. The first kappa shape index (κ1) is 20.3. The van der Waals surface area contributed by atoms with Gasteiger partial charge in [0, 0.05) is 0 Å². The highest BCUT2D eigenvalue weighted by atomic mass is 16.5. The molecule has 1 amide bonds. The molecule has 0 aliphatic rings. The van der Waals surface area contributed by atoms with Gasteiger partial charge in [-0.3, -0.25) is 0 Å². The summed E-state index contributed by atoms with van der Waals surface area (Å²) in [7, 11) is 0. The van der Waals surface area contributed by atoms with Crippen LogP contribution in [0.15, 0.2) is 0 Å². The number of nitrogens with two attached hydrogens (primary N) is 1.